The standard InChI is InChI=1S/C24H22BrFO/c1-4-23(2,3)27-18-12-13-20-19-10-5-6-11-21(19)24(25,22(20)15-18)16-8-7-9-17(26)14-16/h5-15H,4H2,1-3H3. The number of halogens is 2. The van der Waals surface area contributed by atoms with Gasteiger partial charge in [-0.05, 0) is 72.4 Å². The average Bonchev–Trinajstić information content (AvgIpc) is 2.92. The van der Waals surface area contributed by atoms with Gasteiger partial charge in [0.2, 0.25) is 0 Å². The fourth-order valence-corrected chi connectivity index (χ4v) is 4.60. The van der Waals surface area contributed by atoms with Gasteiger partial charge in [-0.3, -0.25) is 0 Å². The van der Waals surface area contributed by atoms with E-state index in [1.807, 2.05) is 24.3 Å². The minimum atomic E-state index is -0.600. The Kier molecular flexibility index (Phi) is 4.38. The lowest BCUT2D eigenvalue weighted by Gasteiger charge is -2.28. The van der Waals surface area contributed by atoms with E-state index in [1.165, 1.54) is 6.07 Å². The zero-order valence-corrected chi connectivity index (χ0v) is 17.3. The second-order valence-corrected chi connectivity index (χ2v) is 8.83. The quantitative estimate of drug-likeness (QED) is 0.407. The first-order valence-electron chi connectivity index (χ1n) is 9.23. The molecule has 0 saturated heterocycles. The van der Waals surface area contributed by atoms with Crippen molar-refractivity contribution in [2.24, 2.45) is 0 Å². The van der Waals surface area contributed by atoms with Gasteiger partial charge in [-0.25, -0.2) is 4.39 Å². The third-order valence-electron chi connectivity index (χ3n) is 5.42. The van der Waals surface area contributed by atoms with Gasteiger partial charge in [0.25, 0.3) is 0 Å². The fourth-order valence-electron chi connectivity index (χ4n) is 3.68. The number of rotatable bonds is 4. The molecule has 1 nitrogen and oxygen atoms in total. The van der Waals surface area contributed by atoms with Crippen molar-refractivity contribution in [1.29, 1.82) is 0 Å². The van der Waals surface area contributed by atoms with Crippen LogP contribution in [0.5, 0.6) is 5.75 Å². The summed E-state index contributed by atoms with van der Waals surface area (Å²) < 4.78 is 19.7. The predicted molar refractivity (Wildman–Crippen MR) is 112 cm³/mol. The van der Waals surface area contributed by atoms with Crippen molar-refractivity contribution in [2.45, 2.75) is 37.1 Å². The molecule has 1 atom stereocenters. The second kappa shape index (κ2) is 6.49. The van der Waals surface area contributed by atoms with Crippen molar-refractivity contribution in [1.82, 2.24) is 0 Å². The van der Waals surface area contributed by atoms with Gasteiger partial charge in [-0.2, -0.15) is 0 Å². The maximum absolute atomic E-state index is 14.0. The van der Waals surface area contributed by atoms with Gasteiger partial charge >= 0.3 is 0 Å². The summed E-state index contributed by atoms with van der Waals surface area (Å²) in [6, 6.07) is 21.3. The van der Waals surface area contributed by atoms with Crippen LogP contribution in [-0.2, 0) is 4.32 Å². The Morgan fingerprint density at radius 1 is 0.926 bits per heavy atom. The van der Waals surface area contributed by atoms with Crippen molar-refractivity contribution in [3.8, 4) is 16.9 Å². The normalized spacial score (nSPS) is 18.1. The SMILES string of the molecule is CCC(C)(C)Oc1ccc2c(c1)C(Br)(c1cccc(F)c1)c1ccccc1-2. The van der Waals surface area contributed by atoms with Crippen LogP contribution in [0.15, 0.2) is 66.7 Å². The van der Waals surface area contributed by atoms with Gasteiger partial charge in [0.15, 0.2) is 0 Å². The molecule has 0 fully saturated rings. The molecule has 0 aliphatic heterocycles. The van der Waals surface area contributed by atoms with E-state index < -0.39 is 4.32 Å². The molecule has 0 aromatic heterocycles. The van der Waals surface area contributed by atoms with Gasteiger partial charge < -0.3 is 4.74 Å². The predicted octanol–water partition coefficient (Wildman–Crippen LogP) is 7.06. The van der Waals surface area contributed by atoms with E-state index in [-0.39, 0.29) is 11.4 Å². The number of benzene rings is 3. The maximum atomic E-state index is 14.0. The van der Waals surface area contributed by atoms with Crippen LogP contribution in [0.4, 0.5) is 4.39 Å². The van der Waals surface area contributed by atoms with Crippen molar-refractivity contribution in [3.63, 3.8) is 0 Å². The Labute approximate surface area is 168 Å². The number of hydrogen-bond acceptors (Lipinski definition) is 1. The number of fused-ring (bicyclic) bond motifs is 3. The van der Waals surface area contributed by atoms with Crippen LogP contribution < -0.4 is 4.74 Å². The van der Waals surface area contributed by atoms with E-state index in [1.54, 1.807) is 12.1 Å². The lowest BCUT2D eigenvalue weighted by Crippen LogP contribution is -2.27. The molecule has 1 unspecified atom stereocenters. The van der Waals surface area contributed by atoms with Crippen molar-refractivity contribution in [3.05, 3.63) is 89.2 Å². The third-order valence-corrected chi connectivity index (χ3v) is 6.73. The lowest BCUT2D eigenvalue weighted by atomic mass is 9.89. The molecule has 1 aliphatic carbocycles. The van der Waals surface area contributed by atoms with Crippen LogP contribution >= 0.6 is 15.9 Å². The van der Waals surface area contributed by atoms with Crippen molar-refractivity contribution < 1.29 is 9.13 Å². The molecule has 0 heterocycles. The van der Waals surface area contributed by atoms with E-state index in [0.717, 1.165) is 40.0 Å². The molecule has 0 radical (unpaired) electrons. The zero-order valence-electron chi connectivity index (χ0n) is 15.7. The highest BCUT2D eigenvalue weighted by molar-refractivity contribution is 9.10. The molecular weight excluding hydrogens is 403 g/mol. The molecule has 0 N–H and O–H groups in total. The molecule has 27 heavy (non-hydrogen) atoms. The lowest BCUT2D eigenvalue weighted by molar-refractivity contribution is 0.105. The molecule has 1 aliphatic rings. The summed E-state index contributed by atoms with van der Waals surface area (Å²) in [4.78, 5) is 0. The van der Waals surface area contributed by atoms with Gasteiger partial charge in [-0.15, -0.1) is 0 Å². The Morgan fingerprint density at radius 2 is 1.67 bits per heavy atom. The molecule has 0 saturated carbocycles. The Hall–Kier alpha value is -2.13. The molecule has 3 aromatic carbocycles. The topological polar surface area (TPSA) is 9.23 Å². The molecule has 3 aromatic rings. The average molecular weight is 425 g/mol. The number of hydrogen-bond donors (Lipinski definition) is 0. The van der Waals surface area contributed by atoms with Crippen LogP contribution in [0.3, 0.4) is 0 Å². The first-order chi connectivity index (χ1) is 12.8. The third kappa shape index (κ3) is 2.98. The summed E-state index contributed by atoms with van der Waals surface area (Å²) >= 11 is 3.99. The highest BCUT2D eigenvalue weighted by Gasteiger charge is 2.43. The highest BCUT2D eigenvalue weighted by Crippen LogP contribution is 2.57. The molecule has 4 rings (SSSR count). The van der Waals surface area contributed by atoms with Crippen molar-refractivity contribution >= 4 is 15.9 Å². The largest absolute Gasteiger partial charge is 0.488 e. The van der Waals surface area contributed by atoms with Gasteiger partial charge in [0, 0.05) is 0 Å². The number of ether oxygens (including phenoxy) is 1. The zero-order chi connectivity index (χ0) is 19.2. The monoisotopic (exact) mass is 424 g/mol. The van der Waals surface area contributed by atoms with E-state index in [0.29, 0.717) is 0 Å². The van der Waals surface area contributed by atoms with Gasteiger partial charge in [0.1, 0.15) is 21.5 Å². The van der Waals surface area contributed by atoms with Crippen LogP contribution in [0.25, 0.3) is 11.1 Å². The molecule has 0 bridgehead atoms. The second-order valence-electron chi connectivity index (χ2n) is 7.64. The Morgan fingerprint density at radius 3 is 2.41 bits per heavy atom. The Bertz CT molecular complexity index is 1010. The maximum Gasteiger partial charge on any atom is 0.123 e. The van der Waals surface area contributed by atoms with Gasteiger partial charge in [0.05, 0.1) is 0 Å². The van der Waals surface area contributed by atoms with Crippen LogP contribution in [0.2, 0.25) is 0 Å². The number of alkyl halides is 1. The highest BCUT2D eigenvalue weighted by atomic mass is 79.9. The van der Waals surface area contributed by atoms with E-state index >= 15 is 0 Å². The van der Waals surface area contributed by atoms with Gasteiger partial charge in [-0.1, -0.05) is 65.3 Å². The summed E-state index contributed by atoms with van der Waals surface area (Å²) in [6.07, 6.45) is 0.910. The van der Waals surface area contributed by atoms with E-state index in [2.05, 4.69) is 61.0 Å². The summed E-state index contributed by atoms with van der Waals surface area (Å²) in [6.45, 7) is 6.29. The van der Waals surface area contributed by atoms with E-state index in [9.17, 15) is 4.39 Å². The summed E-state index contributed by atoms with van der Waals surface area (Å²) in [7, 11) is 0. The van der Waals surface area contributed by atoms with Crippen LogP contribution in [0, 0.1) is 5.82 Å². The first kappa shape index (κ1) is 18.2. The first-order valence-corrected chi connectivity index (χ1v) is 10.0. The Balaban J connectivity index is 1.93. The van der Waals surface area contributed by atoms with Crippen LogP contribution in [-0.4, -0.2) is 5.60 Å². The summed E-state index contributed by atoms with van der Waals surface area (Å²) in [5.41, 5.74) is 5.15. The summed E-state index contributed by atoms with van der Waals surface area (Å²) in [5, 5.41) is 0. The summed E-state index contributed by atoms with van der Waals surface area (Å²) in [5.74, 6) is 0.588. The van der Waals surface area contributed by atoms with E-state index in [4.69, 9.17) is 4.74 Å². The van der Waals surface area contributed by atoms with Crippen molar-refractivity contribution in [2.75, 3.05) is 0 Å². The molecule has 138 valence electrons. The fraction of sp³-hybridized carbons (Fsp3) is 0.250. The van der Waals surface area contributed by atoms with Crippen LogP contribution in [0.1, 0.15) is 43.9 Å². The molecule has 3 heteroatoms. The minimum Gasteiger partial charge on any atom is -0.488 e. The molecule has 0 spiro atoms. The molecular formula is C24H22BrFO. The minimum absolute atomic E-state index is 0.239. The smallest absolute Gasteiger partial charge is 0.123 e. The molecule has 0 amide bonds.